The summed E-state index contributed by atoms with van der Waals surface area (Å²) >= 11 is 0. The average molecular weight is 352 g/mol. The van der Waals surface area contributed by atoms with Gasteiger partial charge in [0, 0.05) is 5.56 Å². The van der Waals surface area contributed by atoms with E-state index >= 15 is 0 Å². The highest BCUT2D eigenvalue weighted by Crippen LogP contribution is 2.18. The summed E-state index contributed by atoms with van der Waals surface area (Å²) in [5.41, 5.74) is 1.20. The molecule has 0 aliphatic heterocycles. The molecule has 0 radical (unpaired) electrons. The summed E-state index contributed by atoms with van der Waals surface area (Å²) in [6.45, 7) is 4.40. The van der Waals surface area contributed by atoms with E-state index in [-0.39, 0.29) is 11.4 Å². The normalized spacial score (nSPS) is 11.3. The van der Waals surface area contributed by atoms with Crippen molar-refractivity contribution >= 4 is 17.8 Å². The number of ether oxygens (including phenoxy) is 2. The Morgan fingerprint density at radius 3 is 2.23 bits per heavy atom. The second-order valence-corrected chi connectivity index (χ2v) is 6.34. The van der Waals surface area contributed by atoms with Crippen LogP contribution in [-0.4, -0.2) is 25.5 Å². The first-order chi connectivity index (χ1) is 12.5. The predicted octanol–water partition coefficient (Wildman–Crippen LogP) is 4.55. The Balaban J connectivity index is 2.29. The summed E-state index contributed by atoms with van der Waals surface area (Å²) in [6, 6.07) is 15.9. The van der Waals surface area contributed by atoms with Gasteiger partial charge < -0.3 is 9.47 Å². The number of benzene rings is 2. The highest BCUT2D eigenvalue weighted by atomic mass is 16.5. The van der Waals surface area contributed by atoms with Crippen LogP contribution in [0.3, 0.4) is 0 Å². The maximum atomic E-state index is 12.8. The minimum absolute atomic E-state index is 0.0186. The zero-order valence-corrected chi connectivity index (χ0v) is 15.4. The zero-order valence-electron chi connectivity index (χ0n) is 15.4. The molecule has 0 heterocycles. The lowest BCUT2D eigenvalue weighted by Crippen LogP contribution is -2.17. The molecule has 0 aliphatic rings. The van der Waals surface area contributed by atoms with Crippen molar-refractivity contribution in [2.45, 2.75) is 20.3 Å². The highest BCUT2D eigenvalue weighted by Gasteiger charge is 2.21. The van der Waals surface area contributed by atoms with E-state index in [1.54, 1.807) is 61.7 Å². The van der Waals surface area contributed by atoms with Gasteiger partial charge in [0.1, 0.15) is 11.3 Å². The Morgan fingerprint density at radius 1 is 1.00 bits per heavy atom. The number of carbonyl (C=O) groups excluding carboxylic acids is 2. The standard InChI is InChI=1S/C22H24O4/c1-16(2)13-14-26-22(24)20(21(23)18-7-5-4-6-8-18)15-17-9-11-19(25-3)12-10-17/h4-12,15-16H,13-14H2,1-3H3/b20-15+. The largest absolute Gasteiger partial charge is 0.497 e. The van der Waals surface area contributed by atoms with Crippen molar-refractivity contribution in [1.82, 2.24) is 0 Å². The number of hydrogen-bond acceptors (Lipinski definition) is 4. The third-order valence-electron chi connectivity index (χ3n) is 3.86. The fourth-order valence-corrected chi connectivity index (χ4v) is 2.29. The molecular formula is C22H24O4. The SMILES string of the molecule is COc1ccc(/C=C(/C(=O)OCCC(C)C)C(=O)c2ccccc2)cc1. The van der Waals surface area contributed by atoms with Crippen molar-refractivity contribution < 1.29 is 19.1 Å². The van der Waals surface area contributed by atoms with Crippen LogP contribution in [0, 0.1) is 5.92 Å². The van der Waals surface area contributed by atoms with Gasteiger partial charge in [-0.1, -0.05) is 56.3 Å². The molecule has 0 amide bonds. The molecule has 0 saturated heterocycles. The van der Waals surface area contributed by atoms with E-state index in [9.17, 15) is 9.59 Å². The summed E-state index contributed by atoms with van der Waals surface area (Å²) in [6.07, 6.45) is 2.31. The molecule has 0 atom stereocenters. The first kappa shape index (κ1) is 19.4. The molecule has 0 aliphatic carbocycles. The minimum atomic E-state index is -0.602. The molecule has 2 rings (SSSR count). The lowest BCUT2D eigenvalue weighted by atomic mass is 10.0. The maximum absolute atomic E-state index is 12.8. The minimum Gasteiger partial charge on any atom is -0.497 e. The summed E-state index contributed by atoms with van der Waals surface area (Å²) in [5, 5.41) is 0. The molecule has 0 spiro atoms. The van der Waals surface area contributed by atoms with E-state index in [0.717, 1.165) is 12.0 Å². The maximum Gasteiger partial charge on any atom is 0.342 e. The van der Waals surface area contributed by atoms with E-state index in [2.05, 4.69) is 13.8 Å². The van der Waals surface area contributed by atoms with Crippen molar-refractivity contribution in [3.8, 4) is 5.75 Å². The summed E-state index contributed by atoms with van der Waals surface area (Å²) in [5.74, 6) is 0.172. The first-order valence-electron chi connectivity index (χ1n) is 8.64. The number of hydrogen-bond donors (Lipinski definition) is 0. The van der Waals surface area contributed by atoms with E-state index in [1.165, 1.54) is 0 Å². The molecule has 0 fully saturated rings. The molecule has 0 saturated carbocycles. The average Bonchev–Trinajstić information content (AvgIpc) is 2.66. The van der Waals surface area contributed by atoms with Crippen molar-refractivity contribution in [3.05, 3.63) is 71.3 Å². The lowest BCUT2D eigenvalue weighted by Gasteiger charge is -2.10. The van der Waals surface area contributed by atoms with Crippen LogP contribution in [0.5, 0.6) is 5.75 Å². The van der Waals surface area contributed by atoms with E-state index in [1.807, 2.05) is 6.07 Å². The number of ketones is 1. The quantitative estimate of drug-likeness (QED) is 0.230. The molecule has 0 bridgehead atoms. The van der Waals surface area contributed by atoms with Gasteiger partial charge in [0.25, 0.3) is 0 Å². The van der Waals surface area contributed by atoms with Crippen molar-refractivity contribution in [2.24, 2.45) is 5.92 Å². The molecule has 2 aromatic carbocycles. The van der Waals surface area contributed by atoms with Crippen molar-refractivity contribution in [1.29, 1.82) is 0 Å². The van der Waals surface area contributed by atoms with Crippen LogP contribution in [0.4, 0.5) is 0 Å². The highest BCUT2D eigenvalue weighted by molar-refractivity contribution is 6.26. The van der Waals surface area contributed by atoms with Crippen molar-refractivity contribution in [2.75, 3.05) is 13.7 Å². The molecule has 4 nitrogen and oxygen atoms in total. The van der Waals surface area contributed by atoms with Crippen LogP contribution >= 0.6 is 0 Å². The van der Waals surface area contributed by atoms with Gasteiger partial charge in [0.2, 0.25) is 0 Å². The Morgan fingerprint density at radius 2 is 1.65 bits per heavy atom. The van der Waals surface area contributed by atoms with Gasteiger partial charge in [-0.15, -0.1) is 0 Å². The topological polar surface area (TPSA) is 52.6 Å². The Hall–Kier alpha value is -2.88. The van der Waals surface area contributed by atoms with E-state index in [4.69, 9.17) is 9.47 Å². The predicted molar refractivity (Wildman–Crippen MR) is 102 cm³/mol. The van der Waals surface area contributed by atoms with Gasteiger partial charge in [-0.3, -0.25) is 4.79 Å². The second-order valence-electron chi connectivity index (χ2n) is 6.34. The molecule has 4 heteroatoms. The van der Waals surface area contributed by atoms with Gasteiger partial charge in [-0.25, -0.2) is 4.79 Å². The van der Waals surface area contributed by atoms with Gasteiger partial charge in [0.15, 0.2) is 5.78 Å². The summed E-state index contributed by atoms with van der Waals surface area (Å²) in [4.78, 5) is 25.3. The van der Waals surface area contributed by atoms with Gasteiger partial charge in [-0.2, -0.15) is 0 Å². The molecule has 0 aromatic heterocycles. The van der Waals surface area contributed by atoms with Gasteiger partial charge >= 0.3 is 5.97 Å². The lowest BCUT2D eigenvalue weighted by molar-refractivity contribution is -0.138. The van der Waals surface area contributed by atoms with Crippen LogP contribution in [0.1, 0.15) is 36.2 Å². The van der Waals surface area contributed by atoms with Gasteiger partial charge in [-0.05, 0) is 36.1 Å². The first-order valence-corrected chi connectivity index (χ1v) is 8.64. The van der Waals surface area contributed by atoms with Crippen LogP contribution in [0.15, 0.2) is 60.2 Å². The zero-order chi connectivity index (χ0) is 18.9. The fourth-order valence-electron chi connectivity index (χ4n) is 2.29. The molecule has 26 heavy (non-hydrogen) atoms. The van der Waals surface area contributed by atoms with Crippen LogP contribution < -0.4 is 4.74 Å². The summed E-state index contributed by atoms with van der Waals surface area (Å²) < 4.78 is 10.5. The third-order valence-corrected chi connectivity index (χ3v) is 3.86. The van der Waals surface area contributed by atoms with Crippen LogP contribution in [-0.2, 0) is 9.53 Å². The number of rotatable bonds is 8. The molecule has 2 aromatic rings. The third kappa shape index (κ3) is 5.59. The van der Waals surface area contributed by atoms with Crippen molar-refractivity contribution in [3.63, 3.8) is 0 Å². The molecule has 0 unspecified atom stereocenters. The number of carbonyl (C=O) groups is 2. The summed E-state index contributed by atoms with van der Waals surface area (Å²) in [7, 11) is 1.58. The molecular weight excluding hydrogens is 328 g/mol. The molecule has 136 valence electrons. The van der Waals surface area contributed by atoms with Crippen LogP contribution in [0.2, 0.25) is 0 Å². The smallest absolute Gasteiger partial charge is 0.342 e. The van der Waals surface area contributed by atoms with E-state index in [0.29, 0.717) is 23.8 Å². The Labute approximate surface area is 154 Å². The number of Topliss-reactive ketones (excluding diaryl/α,β-unsaturated/α-hetero) is 1. The van der Waals surface area contributed by atoms with Gasteiger partial charge in [0.05, 0.1) is 13.7 Å². The Bertz CT molecular complexity index is 758. The van der Waals surface area contributed by atoms with Crippen LogP contribution in [0.25, 0.3) is 6.08 Å². The second kappa shape index (κ2) is 9.56. The molecule has 0 N–H and O–H groups in total. The van der Waals surface area contributed by atoms with E-state index < -0.39 is 5.97 Å². The Kier molecular flexibility index (Phi) is 7.15. The fraction of sp³-hybridized carbons (Fsp3) is 0.273. The number of methoxy groups -OCH3 is 1. The number of esters is 1. The monoisotopic (exact) mass is 352 g/mol.